The molecule has 1 aromatic carbocycles. The largest absolute Gasteiger partial charge is 1.00 e. The third kappa shape index (κ3) is 4.56. The molecule has 1 heterocycles. The second kappa shape index (κ2) is 7.97. The molecule has 0 spiro atoms. The first-order chi connectivity index (χ1) is 8.04. The van der Waals surface area contributed by atoms with Gasteiger partial charge in [0.05, 0.1) is 29.1 Å². The Morgan fingerprint density at radius 1 is 0.722 bits per heavy atom. The van der Waals surface area contributed by atoms with Crippen molar-refractivity contribution in [3.8, 4) is 0 Å². The van der Waals surface area contributed by atoms with E-state index in [1.807, 2.05) is 18.2 Å². The van der Waals surface area contributed by atoms with E-state index in [9.17, 15) is 22.0 Å². The van der Waals surface area contributed by atoms with Gasteiger partial charge in [0.1, 0.15) is 0 Å². The van der Waals surface area contributed by atoms with E-state index < -0.39 is 29.1 Å². The van der Waals surface area contributed by atoms with Crippen molar-refractivity contribution in [1.29, 1.82) is 0 Å². The molecule has 0 saturated carbocycles. The Morgan fingerprint density at radius 3 is 1.44 bits per heavy atom. The Kier molecular flexibility index (Phi) is 7.42. The maximum atomic E-state index is 12.0. The molecule has 2 aromatic rings. The minimum absolute atomic E-state index is 0. The summed E-state index contributed by atoms with van der Waals surface area (Å²) in [5.41, 5.74) is 0. The van der Waals surface area contributed by atoms with Gasteiger partial charge in [-0.25, -0.2) is 13.2 Å². The van der Waals surface area contributed by atoms with Crippen LogP contribution in [0.15, 0.2) is 30.6 Å². The molecule has 1 nitrogen and oxygen atoms in total. The summed E-state index contributed by atoms with van der Waals surface area (Å²) in [5.74, 6) is -10.0. The Labute approximate surface area is 115 Å². The molecular weight excluding hydrogens is 438 g/mol. The van der Waals surface area contributed by atoms with Crippen LogP contribution in [0.1, 0.15) is 0 Å². The topological polar surface area (TPSA) is 12.9 Å². The van der Waals surface area contributed by atoms with Crippen molar-refractivity contribution in [2.75, 3.05) is 0 Å². The third-order valence-corrected chi connectivity index (χ3v) is 1.56. The van der Waals surface area contributed by atoms with Crippen molar-refractivity contribution in [1.82, 2.24) is 4.98 Å². The number of hydrogen-bond acceptors (Lipinski definition) is 1. The first-order valence-electron chi connectivity index (χ1n) is 4.29. The van der Waals surface area contributed by atoms with Gasteiger partial charge in [-0.2, -0.15) is 0 Å². The molecule has 0 atom stereocenters. The summed E-state index contributed by atoms with van der Waals surface area (Å²) < 4.78 is 59.9. The Hall–Kier alpha value is -1.24. The molecule has 0 bridgehead atoms. The molecule has 0 unspecified atom stereocenters. The van der Waals surface area contributed by atoms with Crippen molar-refractivity contribution in [3.63, 3.8) is 0 Å². The maximum Gasteiger partial charge on any atom is 1.00 e. The molecule has 2 rings (SSSR count). The molecule has 18 heavy (non-hydrogen) atoms. The quantitative estimate of drug-likeness (QED) is 0.200. The van der Waals surface area contributed by atoms with Crippen molar-refractivity contribution in [2.45, 2.75) is 0 Å². The van der Waals surface area contributed by atoms with Crippen LogP contribution in [-0.4, -0.2) is 4.98 Å². The minimum atomic E-state index is -2.17. The Morgan fingerprint density at radius 2 is 1.17 bits per heavy atom. The van der Waals surface area contributed by atoms with Gasteiger partial charge in [-0.05, 0) is 12.1 Å². The first-order valence-corrected chi connectivity index (χ1v) is 4.29. The average molecular weight is 443 g/mol. The van der Waals surface area contributed by atoms with Crippen molar-refractivity contribution in [3.05, 3.63) is 65.7 Å². The normalized spacial score (nSPS) is 8.94. The molecule has 100 valence electrons. The molecule has 0 saturated heterocycles. The summed E-state index contributed by atoms with van der Waals surface area (Å²) >= 11 is 0. The molecular formula is C11H5AuF5N. The van der Waals surface area contributed by atoms with Crippen LogP contribution < -0.4 is 0 Å². The predicted molar refractivity (Wildman–Crippen MR) is 49.3 cm³/mol. The summed E-state index contributed by atoms with van der Waals surface area (Å²) in [5, 5.41) is 0. The van der Waals surface area contributed by atoms with Crippen molar-refractivity contribution >= 4 is 0 Å². The van der Waals surface area contributed by atoms with Gasteiger partial charge in [-0.15, -0.1) is 6.07 Å². The first kappa shape index (κ1) is 16.8. The molecule has 0 fully saturated rings. The molecule has 0 amide bonds. The van der Waals surface area contributed by atoms with Crippen LogP contribution in [-0.2, 0) is 22.4 Å². The van der Waals surface area contributed by atoms with E-state index in [1.54, 1.807) is 12.4 Å². The minimum Gasteiger partial charge on any atom is -0.278 e. The van der Waals surface area contributed by atoms with Crippen LogP contribution in [0.2, 0.25) is 0 Å². The van der Waals surface area contributed by atoms with Gasteiger partial charge >= 0.3 is 22.4 Å². The maximum absolute atomic E-state index is 12.0. The third-order valence-electron chi connectivity index (χ3n) is 1.56. The van der Waals surface area contributed by atoms with Gasteiger partial charge in [0.2, 0.25) is 0 Å². The summed E-state index contributed by atoms with van der Waals surface area (Å²) in [6.45, 7) is 0. The van der Waals surface area contributed by atoms with Gasteiger partial charge in [-0.1, -0.05) is 6.07 Å². The number of halogens is 5. The number of benzene rings is 1. The SMILES string of the molecule is Fc1[c-]c(F)c(F)c(F)c1F.[Au+].c1ccncc1. The number of nitrogens with zero attached hydrogens (tertiary/aromatic N) is 1. The van der Waals surface area contributed by atoms with Crippen LogP contribution in [0.5, 0.6) is 0 Å². The zero-order chi connectivity index (χ0) is 12.8. The summed E-state index contributed by atoms with van der Waals surface area (Å²) in [4.78, 5) is 3.78. The molecule has 0 radical (unpaired) electrons. The fourth-order valence-corrected chi connectivity index (χ4v) is 0.808. The molecule has 7 heteroatoms. The van der Waals surface area contributed by atoms with Crippen LogP contribution in [0.25, 0.3) is 0 Å². The molecule has 1 aromatic heterocycles. The fourth-order valence-electron chi connectivity index (χ4n) is 0.808. The summed E-state index contributed by atoms with van der Waals surface area (Å²) in [6.07, 6.45) is 3.50. The number of aromatic nitrogens is 1. The number of pyridine rings is 1. The van der Waals surface area contributed by atoms with E-state index in [4.69, 9.17) is 0 Å². The van der Waals surface area contributed by atoms with Gasteiger partial charge in [0, 0.05) is 12.4 Å². The molecule has 0 aliphatic heterocycles. The summed E-state index contributed by atoms with van der Waals surface area (Å²) in [7, 11) is 0. The van der Waals surface area contributed by atoms with Crippen LogP contribution in [0.4, 0.5) is 22.0 Å². The zero-order valence-electron chi connectivity index (χ0n) is 8.53. The zero-order valence-corrected chi connectivity index (χ0v) is 10.7. The van der Waals surface area contributed by atoms with E-state index in [0.29, 0.717) is 0 Å². The molecule has 0 aliphatic carbocycles. The van der Waals surface area contributed by atoms with Crippen LogP contribution >= 0.6 is 0 Å². The Bertz CT molecular complexity index is 440. The number of rotatable bonds is 0. The second-order valence-corrected chi connectivity index (χ2v) is 2.72. The molecule has 0 aliphatic rings. The monoisotopic (exact) mass is 443 g/mol. The summed E-state index contributed by atoms with van der Waals surface area (Å²) in [6, 6.07) is 6.74. The molecule has 0 N–H and O–H groups in total. The van der Waals surface area contributed by atoms with E-state index in [2.05, 4.69) is 4.98 Å². The average Bonchev–Trinajstić information content (AvgIpc) is 2.37. The van der Waals surface area contributed by atoms with E-state index >= 15 is 0 Å². The number of hydrogen-bond donors (Lipinski definition) is 0. The second-order valence-electron chi connectivity index (χ2n) is 2.72. The van der Waals surface area contributed by atoms with Gasteiger partial charge < -0.3 is 0 Å². The van der Waals surface area contributed by atoms with E-state index in [-0.39, 0.29) is 22.4 Å². The predicted octanol–water partition coefficient (Wildman–Crippen LogP) is 3.26. The van der Waals surface area contributed by atoms with E-state index in [1.165, 1.54) is 0 Å². The van der Waals surface area contributed by atoms with Crippen molar-refractivity contribution in [2.24, 2.45) is 0 Å². The Balaban J connectivity index is 0.000000352. The van der Waals surface area contributed by atoms with Gasteiger partial charge in [-0.3, -0.25) is 13.8 Å². The van der Waals surface area contributed by atoms with Crippen LogP contribution in [0.3, 0.4) is 0 Å². The van der Waals surface area contributed by atoms with Crippen LogP contribution in [0, 0.1) is 35.2 Å². The smallest absolute Gasteiger partial charge is 0.278 e. The fraction of sp³-hybridized carbons (Fsp3) is 0. The van der Waals surface area contributed by atoms with Gasteiger partial charge in [0.15, 0.2) is 0 Å². The van der Waals surface area contributed by atoms with E-state index in [0.717, 1.165) is 6.07 Å². The van der Waals surface area contributed by atoms with Gasteiger partial charge in [0.25, 0.3) is 0 Å². The van der Waals surface area contributed by atoms with Crippen molar-refractivity contribution < 1.29 is 44.3 Å². The standard InChI is InChI=1S/C6F5.C5H5N.Au/c7-2-1-3(8)5(10)6(11)4(2)9;1-2-4-6-5-3-1;/h;1-5H;/q-1;;+1.